The monoisotopic (exact) mass is 426 g/mol. The molecule has 31 heavy (non-hydrogen) atoms. The van der Waals surface area contributed by atoms with Gasteiger partial charge in [0.15, 0.2) is 5.43 Å². The second-order valence-electron chi connectivity index (χ2n) is 6.97. The average Bonchev–Trinajstić information content (AvgIpc) is 3.02. The highest BCUT2D eigenvalue weighted by molar-refractivity contribution is 5.85. The second kappa shape index (κ2) is 7.31. The molecule has 0 aliphatic heterocycles. The van der Waals surface area contributed by atoms with Crippen LogP contribution in [0.4, 0.5) is 19.3 Å². The van der Waals surface area contributed by atoms with Gasteiger partial charge < -0.3 is 9.63 Å². The maximum Gasteiger partial charge on any atom is 0.409 e. The van der Waals surface area contributed by atoms with Crippen LogP contribution < -0.4 is 10.7 Å². The van der Waals surface area contributed by atoms with Crippen molar-refractivity contribution < 1.29 is 23.2 Å². The number of hydrogen-bond donors (Lipinski definition) is 2. The zero-order valence-corrected chi connectivity index (χ0v) is 16.7. The summed E-state index contributed by atoms with van der Waals surface area (Å²) < 4.78 is 35.4. The summed E-state index contributed by atoms with van der Waals surface area (Å²) in [6, 6.07) is 6.07. The SMILES string of the molecule is Cc1noc(C)c1-c1ccc2c(=O)cc(C)n(-c3cc(NC(=O)O)c(F)cc3F)c2n1. The zero-order chi connectivity index (χ0) is 22.4. The molecule has 0 spiro atoms. The summed E-state index contributed by atoms with van der Waals surface area (Å²) in [4.78, 5) is 28.1. The number of carbonyl (C=O) groups is 1. The number of pyridine rings is 2. The molecule has 8 nitrogen and oxygen atoms in total. The van der Waals surface area contributed by atoms with Crippen LogP contribution in [-0.2, 0) is 0 Å². The van der Waals surface area contributed by atoms with Crippen molar-refractivity contribution in [3.05, 3.63) is 69.3 Å². The zero-order valence-electron chi connectivity index (χ0n) is 16.7. The number of aryl methyl sites for hydroxylation is 3. The standard InChI is InChI=1S/C21H16F2N4O4/c1-9-6-18(28)12-4-5-15(19-10(2)26-31-11(19)3)24-20(12)27(9)17-8-16(25-21(29)30)13(22)7-14(17)23/h4-8,25H,1-3H3,(H,29,30). The summed E-state index contributed by atoms with van der Waals surface area (Å²) in [7, 11) is 0. The molecular formula is C21H16F2N4O4. The minimum Gasteiger partial charge on any atom is -0.465 e. The smallest absolute Gasteiger partial charge is 0.409 e. The van der Waals surface area contributed by atoms with E-state index in [1.54, 1.807) is 32.9 Å². The fraction of sp³-hybridized carbons (Fsp3) is 0.143. The van der Waals surface area contributed by atoms with Crippen LogP contribution in [0.3, 0.4) is 0 Å². The van der Waals surface area contributed by atoms with Gasteiger partial charge in [0.05, 0.1) is 33.7 Å². The average molecular weight is 426 g/mol. The third-order valence-corrected chi connectivity index (χ3v) is 4.85. The summed E-state index contributed by atoms with van der Waals surface area (Å²) in [5.41, 5.74) is 1.19. The fourth-order valence-electron chi connectivity index (χ4n) is 3.52. The molecule has 4 aromatic rings. The lowest BCUT2D eigenvalue weighted by Crippen LogP contribution is -2.15. The van der Waals surface area contributed by atoms with E-state index in [2.05, 4.69) is 10.1 Å². The van der Waals surface area contributed by atoms with Gasteiger partial charge in [-0.05, 0) is 39.0 Å². The Balaban J connectivity index is 2.06. The Morgan fingerprint density at radius 2 is 1.87 bits per heavy atom. The Labute approximate surface area is 173 Å². The van der Waals surface area contributed by atoms with Crippen molar-refractivity contribution in [2.24, 2.45) is 0 Å². The van der Waals surface area contributed by atoms with Crippen molar-refractivity contribution in [1.82, 2.24) is 14.7 Å². The molecule has 4 rings (SSSR count). The van der Waals surface area contributed by atoms with Crippen molar-refractivity contribution in [3.63, 3.8) is 0 Å². The van der Waals surface area contributed by atoms with Crippen LogP contribution in [0.2, 0.25) is 0 Å². The first-order valence-electron chi connectivity index (χ1n) is 9.13. The summed E-state index contributed by atoms with van der Waals surface area (Å²) >= 11 is 0. The number of halogens is 2. The van der Waals surface area contributed by atoms with Crippen LogP contribution in [0, 0.1) is 32.4 Å². The number of hydrogen-bond acceptors (Lipinski definition) is 5. The highest BCUT2D eigenvalue weighted by Gasteiger charge is 2.19. The maximum atomic E-state index is 14.8. The van der Waals surface area contributed by atoms with Crippen LogP contribution in [0.15, 0.2) is 39.6 Å². The minimum atomic E-state index is -1.50. The molecular weight excluding hydrogens is 410 g/mol. The predicted molar refractivity (Wildman–Crippen MR) is 109 cm³/mol. The number of fused-ring (bicyclic) bond motifs is 1. The number of amides is 1. The molecule has 0 atom stereocenters. The van der Waals surface area contributed by atoms with E-state index in [-0.39, 0.29) is 22.1 Å². The lowest BCUT2D eigenvalue weighted by Gasteiger charge is -2.17. The number of rotatable bonds is 3. The molecule has 10 heteroatoms. The molecule has 0 unspecified atom stereocenters. The summed E-state index contributed by atoms with van der Waals surface area (Å²) in [6.45, 7) is 5.02. The lowest BCUT2D eigenvalue weighted by molar-refractivity contribution is 0.209. The predicted octanol–water partition coefficient (Wildman–Crippen LogP) is 4.33. The fourth-order valence-corrected chi connectivity index (χ4v) is 3.52. The van der Waals surface area contributed by atoms with Crippen molar-refractivity contribution in [3.8, 4) is 16.9 Å². The number of nitrogens with zero attached hydrogens (tertiary/aromatic N) is 3. The lowest BCUT2D eigenvalue weighted by atomic mass is 10.1. The van der Waals surface area contributed by atoms with Crippen LogP contribution in [-0.4, -0.2) is 25.9 Å². The van der Waals surface area contributed by atoms with Gasteiger partial charge >= 0.3 is 6.09 Å². The number of aromatic nitrogens is 3. The third kappa shape index (κ3) is 3.41. The van der Waals surface area contributed by atoms with Gasteiger partial charge in [0.2, 0.25) is 0 Å². The van der Waals surface area contributed by atoms with E-state index in [0.717, 1.165) is 6.07 Å². The Bertz CT molecular complexity index is 1410. The quantitative estimate of drug-likeness (QED) is 0.504. The molecule has 0 saturated heterocycles. The van der Waals surface area contributed by atoms with Crippen LogP contribution in [0.1, 0.15) is 17.1 Å². The Morgan fingerprint density at radius 3 is 2.52 bits per heavy atom. The van der Waals surface area contributed by atoms with Gasteiger partial charge in [-0.25, -0.2) is 18.6 Å². The normalized spacial score (nSPS) is 11.1. The third-order valence-electron chi connectivity index (χ3n) is 4.85. The van der Waals surface area contributed by atoms with E-state index < -0.39 is 23.4 Å². The molecule has 0 fully saturated rings. The Kier molecular flexibility index (Phi) is 4.77. The van der Waals surface area contributed by atoms with E-state index >= 15 is 0 Å². The minimum absolute atomic E-state index is 0.120. The first kappa shape index (κ1) is 20.2. The van der Waals surface area contributed by atoms with Crippen LogP contribution >= 0.6 is 0 Å². The van der Waals surface area contributed by atoms with Crippen LogP contribution in [0.25, 0.3) is 28.0 Å². The molecule has 0 radical (unpaired) electrons. The number of nitrogens with one attached hydrogen (secondary N) is 1. The highest BCUT2D eigenvalue weighted by Crippen LogP contribution is 2.29. The Morgan fingerprint density at radius 1 is 1.13 bits per heavy atom. The van der Waals surface area contributed by atoms with Gasteiger partial charge in [-0.3, -0.25) is 14.7 Å². The molecule has 0 saturated carbocycles. The van der Waals surface area contributed by atoms with Gasteiger partial charge in [0, 0.05) is 17.8 Å². The van der Waals surface area contributed by atoms with Gasteiger partial charge in [-0.15, -0.1) is 0 Å². The number of carboxylic acid groups (broad SMARTS) is 1. The van der Waals surface area contributed by atoms with Gasteiger partial charge in [0.1, 0.15) is 23.0 Å². The molecule has 1 amide bonds. The van der Waals surface area contributed by atoms with Crippen molar-refractivity contribution in [1.29, 1.82) is 0 Å². The topological polar surface area (TPSA) is 110 Å². The van der Waals surface area contributed by atoms with E-state index in [9.17, 15) is 18.4 Å². The molecule has 0 bridgehead atoms. The Hall–Kier alpha value is -4.08. The highest BCUT2D eigenvalue weighted by atomic mass is 19.1. The summed E-state index contributed by atoms with van der Waals surface area (Å²) in [6.07, 6.45) is -1.50. The van der Waals surface area contributed by atoms with E-state index in [0.29, 0.717) is 34.5 Å². The second-order valence-corrected chi connectivity index (χ2v) is 6.97. The molecule has 0 aliphatic rings. The molecule has 3 aromatic heterocycles. The summed E-state index contributed by atoms with van der Waals surface area (Å²) in [5, 5.41) is 14.9. The van der Waals surface area contributed by atoms with Gasteiger partial charge in [-0.2, -0.15) is 0 Å². The van der Waals surface area contributed by atoms with E-state index in [4.69, 9.17) is 9.63 Å². The summed E-state index contributed by atoms with van der Waals surface area (Å²) in [5.74, 6) is -1.51. The van der Waals surface area contributed by atoms with Crippen LogP contribution in [0.5, 0.6) is 0 Å². The first-order chi connectivity index (χ1) is 14.7. The van der Waals surface area contributed by atoms with Gasteiger partial charge in [-0.1, -0.05) is 5.16 Å². The largest absolute Gasteiger partial charge is 0.465 e. The van der Waals surface area contributed by atoms with Crippen molar-refractivity contribution in [2.75, 3.05) is 5.32 Å². The van der Waals surface area contributed by atoms with Gasteiger partial charge in [0.25, 0.3) is 0 Å². The molecule has 2 N–H and O–H groups in total. The molecule has 158 valence electrons. The number of anilines is 1. The van der Waals surface area contributed by atoms with E-state index in [1.807, 2.05) is 5.32 Å². The molecule has 0 aliphatic carbocycles. The molecule has 3 heterocycles. The van der Waals surface area contributed by atoms with Crippen molar-refractivity contribution in [2.45, 2.75) is 20.8 Å². The first-order valence-corrected chi connectivity index (χ1v) is 9.13. The van der Waals surface area contributed by atoms with E-state index in [1.165, 1.54) is 10.6 Å². The molecule has 1 aromatic carbocycles. The maximum absolute atomic E-state index is 14.8. The van der Waals surface area contributed by atoms with Crippen molar-refractivity contribution >= 4 is 22.8 Å². The number of benzene rings is 1.